The molecule has 0 aromatic rings. The largest absolute Gasteiger partial charge is 0.468 e. The van der Waals surface area contributed by atoms with Crippen LogP contribution in [0.5, 0.6) is 0 Å². The number of rotatable bonds is 2. The Morgan fingerprint density at radius 1 is 1.29 bits per heavy atom. The molecule has 0 radical (unpaired) electrons. The minimum atomic E-state index is -0.498. The van der Waals surface area contributed by atoms with Gasteiger partial charge in [0.25, 0.3) is 0 Å². The molecule has 0 spiro atoms. The van der Waals surface area contributed by atoms with Gasteiger partial charge in [0.15, 0.2) is 0 Å². The molecule has 0 aliphatic carbocycles. The first-order valence-electron chi connectivity index (χ1n) is 7.60. The average Bonchev–Trinajstić information content (AvgIpc) is 2.79. The maximum absolute atomic E-state index is 12.1. The van der Waals surface area contributed by atoms with Crippen LogP contribution in [-0.2, 0) is 14.3 Å². The van der Waals surface area contributed by atoms with Crippen LogP contribution in [0.15, 0.2) is 0 Å². The van der Waals surface area contributed by atoms with Gasteiger partial charge >= 0.3 is 12.1 Å². The number of carbonyl (C=O) groups is 2. The molecule has 120 valence electrons. The SMILES string of the molecule is COC(=O)[C@]12CCCN1C[C@H](NC(=O)OC(C)(C)C)CC2. The van der Waals surface area contributed by atoms with Gasteiger partial charge in [-0.05, 0) is 53.0 Å². The predicted molar refractivity (Wildman–Crippen MR) is 77.9 cm³/mol. The number of hydrogen-bond acceptors (Lipinski definition) is 5. The fourth-order valence-electron chi connectivity index (χ4n) is 3.37. The summed E-state index contributed by atoms with van der Waals surface area (Å²) in [6.45, 7) is 7.08. The summed E-state index contributed by atoms with van der Waals surface area (Å²) in [7, 11) is 1.44. The summed E-state index contributed by atoms with van der Waals surface area (Å²) < 4.78 is 10.3. The van der Waals surface area contributed by atoms with Crippen molar-refractivity contribution in [3.05, 3.63) is 0 Å². The van der Waals surface area contributed by atoms with Crippen molar-refractivity contribution in [1.82, 2.24) is 10.2 Å². The zero-order valence-corrected chi connectivity index (χ0v) is 13.4. The third-order valence-corrected chi connectivity index (χ3v) is 4.26. The van der Waals surface area contributed by atoms with Crippen LogP contribution in [-0.4, -0.2) is 54.3 Å². The van der Waals surface area contributed by atoms with Crippen molar-refractivity contribution in [2.24, 2.45) is 0 Å². The number of carbonyl (C=O) groups excluding carboxylic acids is 2. The van der Waals surface area contributed by atoms with Crippen molar-refractivity contribution in [1.29, 1.82) is 0 Å². The molecule has 0 bridgehead atoms. The number of nitrogens with one attached hydrogen (secondary N) is 1. The number of methoxy groups -OCH3 is 1. The van der Waals surface area contributed by atoms with Crippen molar-refractivity contribution in [3.8, 4) is 0 Å². The number of nitrogens with zero attached hydrogens (tertiary/aromatic N) is 1. The second kappa shape index (κ2) is 5.83. The minimum absolute atomic E-state index is 0.0238. The molecule has 6 nitrogen and oxygen atoms in total. The molecular formula is C15H26N2O4. The highest BCUT2D eigenvalue weighted by molar-refractivity contribution is 5.81. The summed E-state index contributed by atoms with van der Waals surface area (Å²) in [5, 5.41) is 2.91. The van der Waals surface area contributed by atoms with E-state index in [0.717, 1.165) is 32.2 Å². The summed E-state index contributed by atoms with van der Waals surface area (Å²) in [6.07, 6.45) is 2.94. The van der Waals surface area contributed by atoms with Gasteiger partial charge in [-0.2, -0.15) is 0 Å². The van der Waals surface area contributed by atoms with Gasteiger partial charge in [0.2, 0.25) is 0 Å². The van der Waals surface area contributed by atoms with Crippen molar-refractivity contribution >= 4 is 12.1 Å². The van der Waals surface area contributed by atoms with E-state index < -0.39 is 17.2 Å². The molecule has 2 fully saturated rings. The van der Waals surface area contributed by atoms with Crippen molar-refractivity contribution in [3.63, 3.8) is 0 Å². The Hall–Kier alpha value is -1.30. The van der Waals surface area contributed by atoms with E-state index in [1.54, 1.807) is 0 Å². The zero-order chi connectivity index (χ0) is 15.7. The quantitative estimate of drug-likeness (QED) is 0.786. The summed E-state index contributed by atoms with van der Waals surface area (Å²) >= 11 is 0. The van der Waals surface area contributed by atoms with E-state index in [0.29, 0.717) is 6.54 Å². The van der Waals surface area contributed by atoms with Crippen LogP contribution < -0.4 is 5.32 Å². The molecule has 2 aliphatic heterocycles. The second-order valence-corrected chi connectivity index (χ2v) is 6.95. The maximum Gasteiger partial charge on any atom is 0.407 e. The van der Waals surface area contributed by atoms with E-state index in [-0.39, 0.29) is 12.0 Å². The summed E-state index contributed by atoms with van der Waals surface area (Å²) in [5.41, 5.74) is -0.969. The van der Waals surface area contributed by atoms with Gasteiger partial charge in [-0.3, -0.25) is 9.69 Å². The summed E-state index contributed by atoms with van der Waals surface area (Å²) in [4.78, 5) is 26.1. The number of esters is 1. The third kappa shape index (κ3) is 3.48. The van der Waals surface area contributed by atoms with E-state index in [1.807, 2.05) is 20.8 Å². The first kappa shape index (κ1) is 16.1. The minimum Gasteiger partial charge on any atom is -0.468 e. The molecule has 2 rings (SSSR count). The first-order valence-corrected chi connectivity index (χ1v) is 7.60. The average molecular weight is 298 g/mol. The Balaban J connectivity index is 1.94. The molecule has 0 saturated carbocycles. The number of piperidine rings is 1. The lowest BCUT2D eigenvalue weighted by atomic mass is 9.84. The number of ether oxygens (including phenoxy) is 2. The molecule has 0 aromatic heterocycles. The lowest BCUT2D eigenvalue weighted by Gasteiger charge is -2.43. The zero-order valence-electron chi connectivity index (χ0n) is 13.4. The topological polar surface area (TPSA) is 67.9 Å². The molecule has 21 heavy (non-hydrogen) atoms. The Bertz CT molecular complexity index is 418. The summed E-state index contributed by atoms with van der Waals surface area (Å²) in [5.74, 6) is -0.143. The van der Waals surface area contributed by atoms with E-state index >= 15 is 0 Å². The molecule has 2 heterocycles. The molecular weight excluding hydrogens is 272 g/mol. The van der Waals surface area contributed by atoms with Gasteiger partial charge < -0.3 is 14.8 Å². The molecule has 2 saturated heterocycles. The smallest absolute Gasteiger partial charge is 0.407 e. The Morgan fingerprint density at radius 3 is 2.62 bits per heavy atom. The van der Waals surface area contributed by atoms with Crippen LogP contribution in [0.25, 0.3) is 0 Å². The number of hydrogen-bond donors (Lipinski definition) is 1. The van der Waals surface area contributed by atoms with Crippen LogP contribution in [0.2, 0.25) is 0 Å². The highest BCUT2D eigenvalue weighted by Gasteiger charge is 2.51. The molecule has 2 atom stereocenters. The molecule has 2 aliphatic rings. The number of fused-ring (bicyclic) bond motifs is 1. The lowest BCUT2D eigenvalue weighted by molar-refractivity contribution is -0.156. The molecule has 6 heteroatoms. The van der Waals surface area contributed by atoms with Crippen molar-refractivity contribution in [2.75, 3.05) is 20.2 Å². The lowest BCUT2D eigenvalue weighted by Crippen LogP contribution is -2.60. The number of amides is 1. The molecule has 0 unspecified atom stereocenters. The molecule has 1 N–H and O–H groups in total. The van der Waals surface area contributed by atoms with E-state index in [2.05, 4.69) is 10.2 Å². The molecule has 0 aromatic carbocycles. The van der Waals surface area contributed by atoms with Crippen LogP contribution >= 0.6 is 0 Å². The van der Waals surface area contributed by atoms with Crippen LogP contribution in [0.4, 0.5) is 4.79 Å². The fraction of sp³-hybridized carbons (Fsp3) is 0.867. The van der Waals surface area contributed by atoms with Gasteiger partial charge in [0, 0.05) is 12.6 Å². The van der Waals surface area contributed by atoms with Crippen LogP contribution in [0, 0.1) is 0 Å². The van der Waals surface area contributed by atoms with Gasteiger partial charge in [-0.25, -0.2) is 4.79 Å². The normalized spacial score (nSPS) is 29.6. The van der Waals surface area contributed by atoms with E-state index in [9.17, 15) is 9.59 Å². The fourth-order valence-corrected chi connectivity index (χ4v) is 3.37. The second-order valence-electron chi connectivity index (χ2n) is 6.95. The Labute approximate surface area is 126 Å². The van der Waals surface area contributed by atoms with Crippen molar-refractivity contribution < 1.29 is 19.1 Å². The van der Waals surface area contributed by atoms with Gasteiger partial charge in [0.05, 0.1) is 7.11 Å². The van der Waals surface area contributed by atoms with Gasteiger partial charge in [-0.15, -0.1) is 0 Å². The predicted octanol–water partition coefficient (Wildman–Crippen LogP) is 1.68. The standard InChI is InChI=1S/C15H26N2O4/c1-14(2,3)21-13(19)16-11-6-8-15(12(18)20-4)7-5-9-17(15)10-11/h11H,5-10H2,1-4H3,(H,16,19)/t11-,15-/m1/s1. The highest BCUT2D eigenvalue weighted by Crippen LogP contribution is 2.38. The highest BCUT2D eigenvalue weighted by atomic mass is 16.6. The Morgan fingerprint density at radius 2 is 2.00 bits per heavy atom. The van der Waals surface area contributed by atoms with Crippen LogP contribution in [0.3, 0.4) is 0 Å². The monoisotopic (exact) mass is 298 g/mol. The van der Waals surface area contributed by atoms with Crippen LogP contribution in [0.1, 0.15) is 46.5 Å². The number of alkyl carbamates (subject to hydrolysis) is 1. The van der Waals surface area contributed by atoms with Crippen molar-refractivity contribution in [2.45, 2.75) is 63.6 Å². The van der Waals surface area contributed by atoms with E-state index in [1.165, 1.54) is 7.11 Å². The third-order valence-electron chi connectivity index (χ3n) is 4.26. The van der Waals surface area contributed by atoms with E-state index in [4.69, 9.17) is 9.47 Å². The first-order chi connectivity index (χ1) is 9.77. The maximum atomic E-state index is 12.1. The van der Waals surface area contributed by atoms with Gasteiger partial charge in [0.1, 0.15) is 11.1 Å². The molecule has 1 amide bonds. The summed E-state index contributed by atoms with van der Waals surface area (Å²) in [6, 6.07) is 0.0238. The Kier molecular flexibility index (Phi) is 4.46. The van der Waals surface area contributed by atoms with Gasteiger partial charge in [-0.1, -0.05) is 0 Å².